The van der Waals surface area contributed by atoms with Crippen LogP contribution in [-0.4, -0.2) is 19.6 Å². The number of rotatable bonds is 3. The number of nitrogens with two attached hydrogens (primary N) is 1. The van der Waals surface area contributed by atoms with Gasteiger partial charge < -0.3 is 10.5 Å². The van der Waals surface area contributed by atoms with Crippen LogP contribution in [0.1, 0.15) is 32.1 Å². The number of hydrogen-bond acceptors (Lipinski definition) is 3. The fourth-order valence-electron chi connectivity index (χ4n) is 1.99. The molecule has 0 heterocycles. The van der Waals surface area contributed by atoms with Gasteiger partial charge in [-0.25, -0.2) is 0 Å². The Morgan fingerprint density at radius 2 is 1.85 bits per heavy atom. The van der Waals surface area contributed by atoms with Crippen molar-refractivity contribution < 1.29 is 9.53 Å². The van der Waals surface area contributed by atoms with Crippen molar-refractivity contribution in [3.63, 3.8) is 0 Å². The molecule has 13 heavy (non-hydrogen) atoms. The third kappa shape index (κ3) is 3.35. The van der Waals surface area contributed by atoms with Gasteiger partial charge in [-0.3, -0.25) is 4.79 Å². The molecule has 0 amide bonds. The molecule has 0 aromatic rings. The van der Waals surface area contributed by atoms with E-state index in [9.17, 15) is 4.79 Å². The SMILES string of the molecule is COC(=O)CC1CCC(CN)CC1. The Bertz CT molecular complexity index is 162. The smallest absolute Gasteiger partial charge is 0.305 e. The van der Waals surface area contributed by atoms with E-state index < -0.39 is 0 Å². The first kappa shape index (κ1) is 10.5. The molecule has 0 saturated heterocycles. The van der Waals surface area contributed by atoms with Crippen LogP contribution in [0.5, 0.6) is 0 Å². The van der Waals surface area contributed by atoms with Gasteiger partial charge in [0.1, 0.15) is 0 Å². The first-order valence-corrected chi connectivity index (χ1v) is 5.03. The summed E-state index contributed by atoms with van der Waals surface area (Å²) in [5, 5.41) is 0. The largest absolute Gasteiger partial charge is 0.469 e. The highest BCUT2D eigenvalue weighted by Crippen LogP contribution is 2.30. The maximum absolute atomic E-state index is 11.0. The summed E-state index contributed by atoms with van der Waals surface area (Å²) in [6.45, 7) is 0.797. The molecule has 0 aromatic carbocycles. The fourth-order valence-corrected chi connectivity index (χ4v) is 1.99. The molecule has 0 spiro atoms. The second-order valence-electron chi connectivity index (χ2n) is 3.90. The topological polar surface area (TPSA) is 52.3 Å². The summed E-state index contributed by atoms with van der Waals surface area (Å²) in [5.74, 6) is 1.15. The van der Waals surface area contributed by atoms with Crippen LogP contribution in [0, 0.1) is 11.8 Å². The molecule has 1 fully saturated rings. The van der Waals surface area contributed by atoms with Gasteiger partial charge in [-0.2, -0.15) is 0 Å². The Hall–Kier alpha value is -0.570. The van der Waals surface area contributed by atoms with Crippen molar-refractivity contribution in [2.24, 2.45) is 17.6 Å². The minimum atomic E-state index is -0.0730. The van der Waals surface area contributed by atoms with Crippen LogP contribution in [0.2, 0.25) is 0 Å². The normalized spacial score (nSPS) is 28.5. The molecule has 0 unspecified atom stereocenters. The van der Waals surface area contributed by atoms with E-state index in [-0.39, 0.29) is 5.97 Å². The van der Waals surface area contributed by atoms with Crippen LogP contribution in [0.4, 0.5) is 0 Å². The molecule has 1 rings (SSSR count). The van der Waals surface area contributed by atoms with Crippen LogP contribution >= 0.6 is 0 Å². The second kappa shape index (κ2) is 5.22. The van der Waals surface area contributed by atoms with Crippen molar-refractivity contribution in [2.75, 3.05) is 13.7 Å². The van der Waals surface area contributed by atoms with Crippen molar-refractivity contribution in [1.82, 2.24) is 0 Å². The van der Waals surface area contributed by atoms with Gasteiger partial charge in [-0.15, -0.1) is 0 Å². The van der Waals surface area contributed by atoms with Gasteiger partial charge in [0.05, 0.1) is 7.11 Å². The highest BCUT2D eigenvalue weighted by Gasteiger charge is 2.22. The van der Waals surface area contributed by atoms with E-state index in [2.05, 4.69) is 4.74 Å². The molecule has 1 saturated carbocycles. The van der Waals surface area contributed by atoms with Gasteiger partial charge in [0.15, 0.2) is 0 Å². The second-order valence-corrected chi connectivity index (χ2v) is 3.90. The van der Waals surface area contributed by atoms with Crippen LogP contribution in [-0.2, 0) is 9.53 Å². The molecule has 1 aliphatic rings. The molecule has 3 heteroatoms. The van der Waals surface area contributed by atoms with Crippen molar-refractivity contribution in [3.05, 3.63) is 0 Å². The minimum Gasteiger partial charge on any atom is -0.469 e. The molecule has 0 radical (unpaired) electrons. The number of carbonyl (C=O) groups is 1. The Kier molecular flexibility index (Phi) is 4.22. The van der Waals surface area contributed by atoms with Crippen molar-refractivity contribution in [3.8, 4) is 0 Å². The monoisotopic (exact) mass is 185 g/mol. The third-order valence-corrected chi connectivity index (χ3v) is 2.98. The first-order valence-electron chi connectivity index (χ1n) is 5.03. The summed E-state index contributed by atoms with van der Waals surface area (Å²) in [6.07, 6.45) is 5.22. The Morgan fingerprint density at radius 3 is 2.31 bits per heavy atom. The molecular formula is C10H19NO2. The van der Waals surface area contributed by atoms with E-state index in [1.165, 1.54) is 20.0 Å². The van der Waals surface area contributed by atoms with E-state index in [0.717, 1.165) is 19.4 Å². The molecule has 76 valence electrons. The van der Waals surface area contributed by atoms with Gasteiger partial charge in [0, 0.05) is 6.42 Å². The van der Waals surface area contributed by atoms with Crippen molar-refractivity contribution in [1.29, 1.82) is 0 Å². The lowest BCUT2D eigenvalue weighted by molar-refractivity contribution is -0.142. The van der Waals surface area contributed by atoms with Crippen LogP contribution in [0.15, 0.2) is 0 Å². The number of ether oxygens (including phenoxy) is 1. The summed E-state index contributed by atoms with van der Waals surface area (Å²) >= 11 is 0. The van der Waals surface area contributed by atoms with E-state index in [1.807, 2.05) is 0 Å². The lowest BCUT2D eigenvalue weighted by atomic mass is 9.81. The van der Waals surface area contributed by atoms with Gasteiger partial charge in [0.25, 0.3) is 0 Å². The van der Waals surface area contributed by atoms with Gasteiger partial charge >= 0.3 is 5.97 Å². The number of hydrogen-bond donors (Lipinski definition) is 1. The van der Waals surface area contributed by atoms with Crippen LogP contribution in [0.3, 0.4) is 0 Å². The molecule has 1 aliphatic carbocycles. The number of carbonyl (C=O) groups excluding carboxylic acids is 1. The van der Waals surface area contributed by atoms with E-state index in [1.54, 1.807) is 0 Å². The highest BCUT2D eigenvalue weighted by molar-refractivity contribution is 5.69. The average molecular weight is 185 g/mol. The van der Waals surface area contributed by atoms with E-state index >= 15 is 0 Å². The quantitative estimate of drug-likeness (QED) is 0.674. The van der Waals surface area contributed by atoms with Gasteiger partial charge in [-0.05, 0) is 44.1 Å². The van der Waals surface area contributed by atoms with Gasteiger partial charge in [0.2, 0.25) is 0 Å². The Labute approximate surface area is 79.6 Å². The maximum Gasteiger partial charge on any atom is 0.305 e. The summed E-state index contributed by atoms with van der Waals surface area (Å²) in [6, 6.07) is 0. The average Bonchev–Trinajstić information content (AvgIpc) is 2.19. The maximum atomic E-state index is 11.0. The molecule has 0 aliphatic heterocycles. The predicted octanol–water partition coefficient (Wildman–Crippen LogP) is 1.31. The molecule has 2 N–H and O–H groups in total. The summed E-state index contributed by atoms with van der Waals surface area (Å²) in [4.78, 5) is 11.0. The Balaban J connectivity index is 2.21. The molecule has 3 nitrogen and oxygen atoms in total. The summed E-state index contributed by atoms with van der Waals surface area (Å²) in [7, 11) is 1.45. The Morgan fingerprint density at radius 1 is 1.31 bits per heavy atom. The molecule has 0 bridgehead atoms. The summed E-state index contributed by atoms with van der Waals surface area (Å²) in [5.41, 5.74) is 5.58. The predicted molar refractivity (Wildman–Crippen MR) is 51.1 cm³/mol. The molecule has 0 aromatic heterocycles. The zero-order chi connectivity index (χ0) is 9.68. The fraction of sp³-hybridized carbons (Fsp3) is 0.900. The number of esters is 1. The van der Waals surface area contributed by atoms with Gasteiger partial charge in [-0.1, -0.05) is 0 Å². The molecular weight excluding hydrogens is 166 g/mol. The molecule has 0 atom stereocenters. The van der Waals surface area contributed by atoms with E-state index in [0.29, 0.717) is 18.3 Å². The van der Waals surface area contributed by atoms with Crippen molar-refractivity contribution >= 4 is 5.97 Å². The minimum absolute atomic E-state index is 0.0730. The zero-order valence-corrected chi connectivity index (χ0v) is 8.29. The standard InChI is InChI=1S/C10H19NO2/c1-13-10(12)6-8-2-4-9(7-11)5-3-8/h8-9H,2-7,11H2,1H3. The summed E-state index contributed by atoms with van der Waals surface area (Å²) < 4.78 is 4.64. The van der Waals surface area contributed by atoms with Crippen LogP contribution in [0.25, 0.3) is 0 Å². The zero-order valence-electron chi connectivity index (χ0n) is 8.29. The third-order valence-electron chi connectivity index (χ3n) is 2.98. The lowest BCUT2D eigenvalue weighted by Crippen LogP contribution is -2.23. The van der Waals surface area contributed by atoms with E-state index in [4.69, 9.17) is 5.73 Å². The lowest BCUT2D eigenvalue weighted by Gasteiger charge is -2.26. The van der Waals surface area contributed by atoms with Crippen LogP contribution < -0.4 is 5.73 Å². The highest BCUT2D eigenvalue weighted by atomic mass is 16.5. The number of methoxy groups -OCH3 is 1. The first-order chi connectivity index (χ1) is 6.26. The van der Waals surface area contributed by atoms with Crippen molar-refractivity contribution in [2.45, 2.75) is 32.1 Å².